The zero-order valence-corrected chi connectivity index (χ0v) is 16.8. The lowest BCUT2D eigenvalue weighted by atomic mass is 10.1. The van der Waals surface area contributed by atoms with Crippen LogP contribution in [0, 0.1) is 0 Å². The lowest BCUT2D eigenvalue weighted by molar-refractivity contribution is -0.119. The number of anilines is 2. The van der Waals surface area contributed by atoms with E-state index in [0.29, 0.717) is 23.7 Å². The van der Waals surface area contributed by atoms with Gasteiger partial charge in [-0.3, -0.25) is 9.59 Å². The summed E-state index contributed by atoms with van der Waals surface area (Å²) in [7, 11) is 3.11. The van der Waals surface area contributed by atoms with Crippen LogP contribution < -0.4 is 19.3 Å². The fraction of sp³-hybridized carbons (Fsp3) is 0.364. The number of hydrogen-bond acceptors (Lipinski definition) is 4. The molecule has 0 aliphatic carbocycles. The number of fused-ring (bicyclic) bond motifs is 1. The third kappa shape index (κ3) is 3.81. The zero-order valence-electron chi connectivity index (χ0n) is 16.8. The van der Waals surface area contributed by atoms with Gasteiger partial charge in [-0.1, -0.05) is 18.2 Å². The van der Waals surface area contributed by atoms with Crippen LogP contribution in [0.4, 0.5) is 11.4 Å². The van der Waals surface area contributed by atoms with Gasteiger partial charge in [0, 0.05) is 43.4 Å². The number of hydrogen-bond donors (Lipinski definition) is 0. The highest BCUT2D eigenvalue weighted by atomic mass is 16.5. The Kier molecular flexibility index (Phi) is 5.87. The molecule has 0 spiro atoms. The normalized spacial score (nSPS) is 15.1. The molecule has 0 aromatic heterocycles. The quantitative estimate of drug-likeness (QED) is 0.768. The van der Waals surface area contributed by atoms with Crippen LogP contribution in [-0.2, 0) is 16.0 Å². The minimum Gasteiger partial charge on any atom is -0.493 e. The summed E-state index contributed by atoms with van der Waals surface area (Å²) in [6.45, 7) is 3.85. The Hall–Kier alpha value is -3.02. The van der Waals surface area contributed by atoms with Crippen LogP contribution in [0.3, 0.4) is 0 Å². The monoisotopic (exact) mass is 382 g/mol. The van der Waals surface area contributed by atoms with Crippen molar-refractivity contribution in [3.63, 3.8) is 0 Å². The van der Waals surface area contributed by atoms with E-state index in [1.165, 1.54) is 12.5 Å². The van der Waals surface area contributed by atoms with Crippen LogP contribution in [0.1, 0.15) is 25.8 Å². The average molecular weight is 382 g/mol. The predicted molar refractivity (Wildman–Crippen MR) is 109 cm³/mol. The Morgan fingerprint density at radius 3 is 2.50 bits per heavy atom. The summed E-state index contributed by atoms with van der Waals surface area (Å²) in [5.74, 6) is 1.02. The van der Waals surface area contributed by atoms with Gasteiger partial charge >= 0.3 is 0 Å². The maximum absolute atomic E-state index is 12.9. The summed E-state index contributed by atoms with van der Waals surface area (Å²) in [4.78, 5) is 28.6. The molecule has 0 fully saturated rings. The maximum Gasteiger partial charge on any atom is 0.229 e. The molecular weight excluding hydrogens is 356 g/mol. The molecule has 6 heteroatoms. The highest BCUT2D eigenvalue weighted by molar-refractivity contribution is 5.98. The van der Waals surface area contributed by atoms with E-state index in [2.05, 4.69) is 13.0 Å². The number of para-hydroxylation sites is 1. The second kappa shape index (κ2) is 8.33. The van der Waals surface area contributed by atoms with Crippen LogP contribution in [0.15, 0.2) is 42.5 Å². The summed E-state index contributed by atoms with van der Waals surface area (Å²) < 4.78 is 10.6. The zero-order chi connectivity index (χ0) is 20.3. The van der Waals surface area contributed by atoms with E-state index < -0.39 is 0 Å². The number of carbonyl (C=O) groups excluding carboxylic acids is 2. The molecule has 1 aliphatic rings. The second-order valence-corrected chi connectivity index (χ2v) is 6.91. The molecule has 28 heavy (non-hydrogen) atoms. The molecule has 0 radical (unpaired) electrons. The molecule has 0 N–H and O–H groups in total. The lowest BCUT2D eigenvalue weighted by Gasteiger charge is -2.26. The van der Waals surface area contributed by atoms with Gasteiger partial charge in [0.05, 0.1) is 14.2 Å². The molecule has 0 bridgehead atoms. The Morgan fingerprint density at radius 1 is 1.11 bits per heavy atom. The first-order valence-corrected chi connectivity index (χ1v) is 9.36. The van der Waals surface area contributed by atoms with Crippen molar-refractivity contribution < 1.29 is 19.1 Å². The minimum absolute atomic E-state index is 0.0178. The van der Waals surface area contributed by atoms with E-state index >= 15 is 0 Å². The van der Waals surface area contributed by atoms with Crippen LogP contribution in [-0.4, -0.2) is 38.6 Å². The molecule has 3 rings (SSSR count). The molecule has 2 aromatic carbocycles. The molecule has 1 aliphatic heterocycles. The van der Waals surface area contributed by atoms with E-state index in [1.54, 1.807) is 37.3 Å². The highest BCUT2D eigenvalue weighted by Gasteiger charge is 2.30. The van der Waals surface area contributed by atoms with Gasteiger partial charge in [-0.15, -0.1) is 0 Å². The van der Waals surface area contributed by atoms with Crippen LogP contribution in [0.5, 0.6) is 11.5 Å². The summed E-state index contributed by atoms with van der Waals surface area (Å²) in [6.07, 6.45) is 1.10. The molecule has 1 atom stereocenters. The van der Waals surface area contributed by atoms with E-state index in [-0.39, 0.29) is 24.3 Å². The molecule has 2 aromatic rings. The average Bonchev–Trinajstić information content (AvgIpc) is 3.03. The van der Waals surface area contributed by atoms with Gasteiger partial charge < -0.3 is 19.3 Å². The topological polar surface area (TPSA) is 59.1 Å². The van der Waals surface area contributed by atoms with E-state index in [1.807, 2.05) is 23.1 Å². The summed E-state index contributed by atoms with van der Waals surface area (Å²) in [6, 6.07) is 13.4. The Morgan fingerprint density at radius 2 is 1.82 bits per heavy atom. The second-order valence-electron chi connectivity index (χ2n) is 6.91. The van der Waals surface area contributed by atoms with Gasteiger partial charge in [-0.25, -0.2) is 0 Å². The summed E-state index contributed by atoms with van der Waals surface area (Å²) in [5.41, 5.74) is 2.83. The molecule has 1 unspecified atom stereocenters. The van der Waals surface area contributed by atoms with Gasteiger partial charge in [-0.05, 0) is 37.1 Å². The first kappa shape index (κ1) is 19.7. The largest absolute Gasteiger partial charge is 0.493 e. The maximum atomic E-state index is 12.9. The minimum atomic E-state index is -0.130. The van der Waals surface area contributed by atoms with E-state index in [4.69, 9.17) is 9.47 Å². The summed E-state index contributed by atoms with van der Waals surface area (Å²) in [5, 5.41) is 0. The third-order valence-corrected chi connectivity index (χ3v) is 5.08. The standard InChI is InChI=1S/C22H26N2O4/c1-15-13-17-7-5-6-8-19(17)24(15)22(26)11-12-23(16(2)25)18-9-10-20(27-3)21(14-18)28-4/h5-10,14-15H,11-13H2,1-4H3. The van der Waals surface area contributed by atoms with Gasteiger partial charge in [0.1, 0.15) is 0 Å². The molecule has 6 nitrogen and oxygen atoms in total. The number of benzene rings is 2. The number of carbonyl (C=O) groups is 2. The van der Waals surface area contributed by atoms with Crippen molar-refractivity contribution in [3.8, 4) is 11.5 Å². The third-order valence-electron chi connectivity index (χ3n) is 5.08. The molecule has 2 amide bonds. The summed E-state index contributed by atoms with van der Waals surface area (Å²) >= 11 is 0. The predicted octanol–water partition coefficient (Wildman–Crippen LogP) is 3.42. The number of amides is 2. The van der Waals surface area contributed by atoms with Gasteiger partial charge in [-0.2, -0.15) is 0 Å². The first-order valence-electron chi connectivity index (χ1n) is 9.36. The fourth-order valence-corrected chi connectivity index (χ4v) is 3.73. The Balaban J connectivity index is 1.76. The smallest absolute Gasteiger partial charge is 0.229 e. The lowest BCUT2D eigenvalue weighted by Crippen LogP contribution is -2.39. The van der Waals surface area contributed by atoms with Crippen molar-refractivity contribution in [1.29, 1.82) is 0 Å². The van der Waals surface area contributed by atoms with Crippen molar-refractivity contribution in [2.45, 2.75) is 32.7 Å². The highest BCUT2D eigenvalue weighted by Crippen LogP contribution is 2.33. The van der Waals surface area contributed by atoms with Crippen LogP contribution in [0.2, 0.25) is 0 Å². The number of methoxy groups -OCH3 is 2. The number of ether oxygens (including phenoxy) is 2. The molecule has 0 saturated heterocycles. The van der Waals surface area contributed by atoms with E-state index in [9.17, 15) is 9.59 Å². The van der Waals surface area contributed by atoms with Crippen molar-refractivity contribution in [2.24, 2.45) is 0 Å². The molecule has 1 heterocycles. The Labute approximate surface area is 165 Å². The SMILES string of the molecule is COc1ccc(N(CCC(=O)N2c3ccccc3CC2C)C(C)=O)cc1OC. The van der Waals surface area contributed by atoms with Crippen molar-refractivity contribution in [3.05, 3.63) is 48.0 Å². The van der Waals surface area contributed by atoms with Crippen molar-refractivity contribution >= 4 is 23.2 Å². The van der Waals surface area contributed by atoms with Gasteiger partial charge in [0.25, 0.3) is 0 Å². The number of nitrogens with zero attached hydrogens (tertiary/aromatic N) is 2. The van der Waals surface area contributed by atoms with E-state index in [0.717, 1.165) is 12.1 Å². The van der Waals surface area contributed by atoms with Crippen LogP contribution >= 0.6 is 0 Å². The molecule has 0 saturated carbocycles. The fourth-order valence-electron chi connectivity index (χ4n) is 3.73. The molecular formula is C22H26N2O4. The van der Waals surface area contributed by atoms with Crippen molar-refractivity contribution in [1.82, 2.24) is 0 Å². The van der Waals surface area contributed by atoms with Gasteiger partial charge in [0.2, 0.25) is 11.8 Å². The van der Waals surface area contributed by atoms with Gasteiger partial charge in [0.15, 0.2) is 11.5 Å². The Bertz CT molecular complexity index is 881. The number of rotatable bonds is 6. The molecule has 148 valence electrons. The van der Waals surface area contributed by atoms with Crippen molar-refractivity contribution in [2.75, 3.05) is 30.6 Å². The van der Waals surface area contributed by atoms with Crippen LogP contribution in [0.25, 0.3) is 0 Å². The first-order chi connectivity index (χ1) is 13.5.